The number of nitrogens with two attached hydrogens (primary N) is 1. The predicted octanol–water partition coefficient (Wildman–Crippen LogP) is -1.27. The molecule has 0 spiro atoms. The number of hydrogen-bond donors (Lipinski definition) is 3. The number of rotatable bonds is 2. The number of nitrogens with zero attached hydrogens (tertiary/aromatic N) is 4. The second-order valence-electron chi connectivity index (χ2n) is 3.29. The van der Waals surface area contributed by atoms with Gasteiger partial charge in [-0.25, -0.2) is 0 Å². The van der Waals surface area contributed by atoms with Crippen LogP contribution in [0, 0.1) is 40.9 Å². The van der Waals surface area contributed by atoms with Gasteiger partial charge in [0.05, 0.1) is 6.61 Å². The second-order valence-corrected chi connectivity index (χ2v) is 3.46. The fraction of sp³-hybridized carbons (Fsp3) is 0.333. The minimum Gasteiger partial charge on any atom is -0.870 e. The zero-order chi connectivity index (χ0) is 17.5. The number of allylic oxidation sites excluding steroid dienone is 2. The summed E-state index contributed by atoms with van der Waals surface area (Å²) < 4.78 is 9.41. The van der Waals surface area contributed by atoms with Gasteiger partial charge in [-0.1, -0.05) is 5.16 Å². The van der Waals surface area contributed by atoms with Crippen LogP contribution in [0.3, 0.4) is 0 Å². The standard InChI is InChI=1S/C7H8N2O.C5H5N3O.ClH2NO.Na.H2O/c1-3-10-6(2)7(4-8)5-9;1-3-4(2-6)5(7)9-8-3;1-2-3;;/h3H2,1-2H3;7H2,1H3;2-3H;;1H2/q;;;+1;/p-1. The van der Waals surface area contributed by atoms with E-state index in [2.05, 4.69) is 21.5 Å². The quantitative estimate of drug-likeness (QED) is 0.186. The van der Waals surface area contributed by atoms with E-state index in [-0.39, 0.29) is 46.5 Å². The van der Waals surface area contributed by atoms with Crippen molar-refractivity contribution < 1.29 is 49.5 Å². The third-order valence-electron chi connectivity index (χ3n) is 1.94. The number of halogens is 1. The average molecular weight is 367 g/mol. The van der Waals surface area contributed by atoms with Gasteiger partial charge in [0, 0.05) is 11.8 Å². The van der Waals surface area contributed by atoms with Gasteiger partial charge in [-0.15, -0.1) is 5.00 Å². The van der Waals surface area contributed by atoms with Crippen molar-refractivity contribution >= 4 is 17.7 Å². The Balaban J connectivity index is -0.000000134. The summed E-state index contributed by atoms with van der Waals surface area (Å²) >= 11 is 4.30. The second kappa shape index (κ2) is 19.2. The van der Waals surface area contributed by atoms with Gasteiger partial charge in [-0.05, 0) is 20.8 Å². The molecule has 5 N–H and O–H groups in total. The Hall–Kier alpha value is -1.81. The van der Waals surface area contributed by atoms with E-state index in [1.807, 2.05) is 6.07 Å². The largest absolute Gasteiger partial charge is 1.00 e. The molecule has 12 heteroatoms. The molecule has 1 aromatic rings. The SMILES string of the molecule is CCOC(C)=C(C#N)C#N.Cc1noc(N)c1C#N.ONCl.[Na+].[OH-]. The molecule has 10 nitrogen and oxygen atoms in total. The molecule has 0 atom stereocenters. The molecule has 126 valence electrons. The van der Waals surface area contributed by atoms with Gasteiger partial charge in [-0.2, -0.15) is 15.8 Å². The summed E-state index contributed by atoms with van der Waals surface area (Å²) in [6, 6.07) is 5.32. The van der Waals surface area contributed by atoms with Crippen molar-refractivity contribution in [2.75, 3.05) is 12.3 Å². The summed E-state index contributed by atoms with van der Waals surface area (Å²) in [4.78, 5) is 1.22. The molecule has 0 amide bonds. The number of nitrogen functional groups attached to an aromatic ring is 1. The molecule has 0 aromatic carbocycles. The summed E-state index contributed by atoms with van der Waals surface area (Å²) in [6.07, 6.45) is 0. The van der Waals surface area contributed by atoms with Gasteiger partial charge in [0.25, 0.3) is 0 Å². The third-order valence-corrected chi connectivity index (χ3v) is 1.94. The first-order valence-electron chi connectivity index (χ1n) is 5.68. The van der Waals surface area contributed by atoms with Crippen LogP contribution in [0.5, 0.6) is 0 Å². The summed E-state index contributed by atoms with van der Waals surface area (Å²) in [5.74, 6) is 0.488. The minimum atomic E-state index is 0. The van der Waals surface area contributed by atoms with E-state index in [0.717, 1.165) is 0 Å². The number of aromatic nitrogens is 1. The van der Waals surface area contributed by atoms with Gasteiger partial charge < -0.3 is 25.7 Å². The topological polar surface area (TPSA) is 195 Å². The van der Waals surface area contributed by atoms with E-state index < -0.39 is 0 Å². The van der Waals surface area contributed by atoms with Crippen LogP contribution in [-0.4, -0.2) is 22.4 Å². The number of nitrogens with one attached hydrogen (secondary N) is 1. The van der Waals surface area contributed by atoms with Crippen LogP contribution < -0.4 is 40.3 Å². The van der Waals surface area contributed by atoms with E-state index in [1.165, 1.54) is 5.00 Å². The van der Waals surface area contributed by atoms with Gasteiger partial charge in [0.2, 0.25) is 5.88 Å². The van der Waals surface area contributed by atoms with Crippen LogP contribution in [0.15, 0.2) is 15.9 Å². The van der Waals surface area contributed by atoms with Gasteiger partial charge in [0.15, 0.2) is 5.57 Å². The van der Waals surface area contributed by atoms with Crippen LogP contribution in [0.4, 0.5) is 5.88 Å². The first kappa shape index (κ1) is 30.1. The number of anilines is 1. The smallest absolute Gasteiger partial charge is 0.870 e. The molecule has 0 aliphatic heterocycles. The van der Waals surface area contributed by atoms with Crippen molar-refractivity contribution in [1.82, 2.24) is 10.2 Å². The van der Waals surface area contributed by atoms with Crippen molar-refractivity contribution in [2.45, 2.75) is 20.8 Å². The summed E-state index contributed by atoms with van der Waals surface area (Å²) in [7, 11) is 0. The van der Waals surface area contributed by atoms with E-state index in [1.54, 1.807) is 32.9 Å². The maximum atomic E-state index is 8.36. The van der Waals surface area contributed by atoms with E-state index in [0.29, 0.717) is 23.6 Å². The van der Waals surface area contributed by atoms with Gasteiger partial charge in [0.1, 0.15) is 35.2 Å². The van der Waals surface area contributed by atoms with Crippen molar-refractivity contribution in [2.24, 2.45) is 0 Å². The maximum absolute atomic E-state index is 8.36. The fourth-order valence-corrected chi connectivity index (χ4v) is 0.994. The normalized spacial score (nSPS) is 7.08. The van der Waals surface area contributed by atoms with Gasteiger partial charge in [-0.3, -0.25) is 0 Å². The molecule has 1 heterocycles. The minimum absolute atomic E-state index is 0. The molecule has 0 fully saturated rings. The molecule has 0 unspecified atom stereocenters. The molecule has 0 bridgehead atoms. The Bertz CT molecular complexity index is 579. The van der Waals surface area contributed by atoms with Crippen molar-refractivity contribution in [1.29, 1.82) is 15.8 Å². The summed E-state index contributed by atoms with van der Waals surface area (Å²) in [5, 5.41) is 35.5. The van der Waals surface area contributed by atoms with Crippen LogP contribution in [-0.2, 0) is 4.74 Å². The first-order chi connectivity index (χ1) is 10.4. The molecule has 0 radical (unpaired) electrons. The van der Waals surface area contributed by atoms with Crippen LogP contribution in [0.2, 0.25) is 0 Å². The Morgan fingerprint density at radius 1 is 1.42 bits per heavy atom. The number of nitriles is 3. The fourth-order valence-electron chi connectivity index (χ4n) is 0.994. The Morgan fingerprint density at radius 2 is 1.88 bits per heavy atom. The zero-order valence-corrected chi connectivity index (χ0v) is 16.4. The number of aryl methyl sites for hydroxylation is 1. The molecule has 0 aliphatic carbocycles. The molecular weight excluding hydrogens is 351 g/mol. The zero-order valence-electron chi connectivity index (χ0n) is 13.7. The maximum Gasteiger partial charge on any atom is 1.00 e. The molecule has 24 heavy (non-hydrogen) atoms. The molecular formula is C12H16ClN6NaO4. The predicted molar refractivity (Wildman–Crippen MR) is 78.6 cm³/mol. The molecule has 1 rings (SSSR count). The first-order valence-corrected chi connectivity index (χ1v) is 6.06. The summed E-state index contributed by atoms with van der Waals surface area (Å²) in [5.41, 5.74) is 6.11. The molecule has 0 saturated carbocycles. The average Bonchev–Trinajstić information content (AvgIpc) is 2.80. The van der Waals surface area contributed by atoms with Crippen molar-refractivity contribution in [3.63, 3.8) is 0 Å². The molecule has 0 saturated heterocycles. The van der Waals surface area contributed by atoms with E-state index in [9.17, 15) is 0 Å². The van der Waals surface area contributed by atoms with Crippen molar-refractivity contribution in [3.05, 3.63) is 22.6 Å². The Kier molecular flexibility index (Phi) is 24.1. The van der Waals surface area contributed by atoms with Crippen LogP contribution in [0.1, 0.15) is 25.1 Å². The monoisotopic (exact) mass is 366 g/mol. The van der Waals surface area contributed by atoms with E-state index >= 15 is 0 Å². The Morgan fingerprint density at radius 3 is 2.08 bits per heavy atom. The third kappa shape index (κ3) is 12.7. The van der Waals surface area contributed by atoms with Crippen LogP contribution >= 0.6 is 11.8 Å². The number of hydrogen-bond acceptors (Lipinski definition) is 10. The Labute approximate surface area is 166 Å². The number of ether oxygens (including phenoxy) is 1. The van der Waals surface area contributed by atoms with Crippen LogP contribution in [0.25, 0.3) is 0 Å². The molecule has 0 aliphatic rings. The van der Waals surface area contributed by atoms with Crippen molar-refractivity contribution in [3.8, 4) is 18.2 Å². The van der Waals surface area contributed by atoms with E-state index in [4.69, 9.17) is 31.5 Å². The van der Waals surface area contributed by atoms with Gasteiger partial charge >= 0.3 is 29.6 Å². The molecule has 1 aromatic heterocycles. The summed E-state index contributed by atoms with van der Waals surface area (Å²) in [6.45, 7) is 5.55.